The van der Waals surface area contributed by atoms with Gasteiger partial charge in [0.1, 0.15) is 0 Å². The highest BCUT2D eigenvalue weighted by atomic mass is 16.5. The fourth-order valence-corrected chi connectivity index (χ4v) is 3.25. The molecule has 8 heteroatoms. The van der Waals surface area contributed by atoms with Gasteiger partial charge in [0.05, 0.1) is 31.7 Å². The molecule has 2 aromatic rings. The summed E-state index contributed by atoms with van der Waals surface area (Å²) in [5, 5.41) is 9.13. The zero-order valence-corrected chi connectivity index (χ0v) is 16.2. The first-order chi connectivity index (χ1) is 13.5. The zero-order chi connectivity index (χ0) is 20.1. The molecule has 3 N–H and O–H groups in total. The van der Waals surface area contributed by atoms with Crippen molar-refractivity contribution in [2.75, 3.05) is 26.1 Å². The molecule has 0 saturated carbocycles. The molecule has 2 heterocycles. The number of furan rings is 1. The molecular weight excluding hydrogens is 362 g/mol. The van der Waals surface area contributed by atoms with Crippen molar-refractivity contribution in [3.63, 3.8) is 0 Å². The summed E-state index contributed by atoms with van der Waals surface area (Å²) in [6, 6.07) is 6.46. The Morgan fingerprint density at radius 1 is 1.18 bits per heavy atom. The quantitative estimate of drug-likeness (QED) is 0.704. The highest BCUT2D eigenvalue weighted by Gasteiger charge is 2.26. The number of hydrogen-bond acceptors (Lipinski definition) is 6. The number of amides is 2. The molecule has 1 aromatic carbocycles. The Balaban J connectivity index is 1.90. The van der Waals surface area contributed by atoms with E-state index in [1.54, 1.807) is 24.3 Å². The van der Waals surface area contributed by atoms with E-state index >= 15 is 0 Å². The van der Waals surface area contributed by atoms with Gasteiger partial charge < -0.3 is 29.8 Å². The Morgan fingerprint density at radius 3 is 2.57 bits per heavy atom. The van der Waals surface area contributed by atoms with E-state index < -0.39 is 5.91 Å². The van der Waals surface area contributed by atoms with Gasteiger partial charge in [0, 0.05) is 18.2 Å². The van der Waals surface area contributed by atoms with Crippen LogP contribution in [0.5, 0.6) is 11.5 Å². The monoisotopic (exact) mass is 387 g/mol. The van der Waals surface area contributed by atoms with Gasteiger partial charge in [0.2, 0.25) is 0 Å². The number of methoxy groups -OCH3 is 2. The molecule has 0 bridgehead atoms. The third kappa shape index (κ3) is 4.28. The first-order valence-electron chi connectivity index (χ1n) is 9.18. The van der Waals surface area contributed by atoms with Gasteiger partial charge in [0.25, 0.3) is 11.8 Å². The van der Waals surface area contributed by atoms with Crippen LogP contribution in [0, 0.1) is 0 Å². The molecule has 1 fully saturated rings. The SMILES string of the molecule is COc1cc(NC(=O)c2ccco2)c(C(=O)NC2CCCNC2C)cc1OC. The summed E-state index contributed by atoms with van der Waals surface area (Å²) in [4.78, 5) is 25.4. The molecule has 1 aliphatic rings. The van der Waals surface area contributed by atoms with Crippen LogP contribution in [-0.4, -0.2) is 44.7 Å². The van der Waals surface area contributed by atoms with Gasteiger partial charge >= 0.3 is 0 Å². The second-order valence-electron chi connectivity index (χ2n) is 6.65. The summed E-state index contributed by atoms with van der Waals surface area (Å²) in [6.07, 6.45) is 3.29. The summed E-state index contributed by atoms with van der Waals surface area (Å²) in [5.74, 6) is 0.196. The number of rotatable bonds is 6. The number of anilines is 1. The van der Waals surface area contributed by atoms with Crippen LogP contribution in [0.1, 0.15) is 40.7 Å². The minimum atomic E-state index is -0.459. The van der Waals surface area contributed by atoms with E-state index in [1.807, 2.05) is 6.92 Å². The van der Waals surface area contributed by atoms with E-state index in [2.05, 4.69) is 16.0 Å². The second-order valence-corrected chi connectivity index (χ2v) is 6.65. The van der Waals surface area contributed by atoms with Crippen LogP contribution in [-0.2, 0) is 0 Å². The fourth-order valence-electron chi connectivity index (χ4n) is 3.25. The van der Waals surface area contributed by atoms with Crippen molar-refractivity contribution in [2.24, 2.45) is 0 Å². The standard InChI is InChI=1S/C20H25N3O5/c1-12-14(6-4-8-21-12)22-19(24)13-10-17(26-2)18(27-3)11-15(13)23-20(25)16-7-5-9-28-16/h5,7,9-12,14,21H,4,6,8H2,1-3H3,(H,22,24)(H,23,25). The van der Waals surface area contributed by atoms with Gasteiger partial charge in [-0.15, -0.1) is 0 Å². The third-order valence-electron chi connectivity index (χ3n) is 4.84. The van der Waals surface area contributed by atoms with Crippen LogP contribution in [0.25, 0.3) is 0 Å². The van der Waals surface area contributed by atoms with Crippen molar-refractivity contribution in [1.82, 2.24) is 10.6 Å². The Bertz CT molecular complexity index is 835. The third-order valence-corrected chi connectivity index (χ3v) is 4.84. The van der Waals surface area contributed by atoms with Crippen LogP contribution in [0.3, 0.4) is 0 Å². The first kappa shape index (κ1) is 19.8. The lowest BCUT2D eigenvalue weighted by molar-refractivity contribution is 0.0920. The van der Waals surface area contributed by atoms with Crippen molar-refractivity contribution in [3.05, 3.63) is 41.9 Å². The number of carbonyl (C=O) groups excluding carboxylic acids is 2. The highest BCUT2D eigenvalue weighted by molar-refractivity contribution is 6.08. The van der Waals surface area contributed by atoms with Gasteiger partial charge in [-0.3, -0.25) is 9.59 Å². The van der Waals surface area contributed by atoms with E-state index in [4.69, 9.17) is 13.9 Å². The maximum absolute atomic E-state index is 13.0. The van der Waals surface area contributed by atoms with Crippen LogP contribution >= 0.6 is 0 Å². The van der Waals surface area contributed by atoms with E-state index in [0.717, 1.165) is 19.4 Å². The average Bonchev–Trinajstić information content (AvgIpc) is 3.24. The molecule has 8 nitrogen and oxygen atoms in total. The second kappa shape index (κ2) is 8.79. The van der Waals surface area contributed by atoms with Crippen molar-refractivity contribution in [3.8, 4) is 11.5 Å². The van der Waals surface area contributed by atoms with E-state index in [0.29, 0.717) is 17.2 Å². The number of hydrogen-bond donors (Lipinski definition) is 3. The normalized spacial score (nSPS) is 19.0. The molecule has 2 amide bonds. The maximum Gasteiger partial charge on any atom is 0.291 e. The first-order valence-corrected chi connectivity index (χ1v) is 9.18. The smallest absolute Gasteiger partial charge is 0.291 e. The van der Waals surface area contributed by atoms with Gasteiger partial charge in [-0.05, 0) is 44.5 Å². The summed E-state index contributed by atoms with van der Waals surface area (Å²) < 4.78 is 15.8. The lowest BCUT2D eigenvalue weighted by Crippen LogP contribution is -2.52. The summed E-state index contributed by atoms with van der Waals surface area (Å²) >= 11 is 0. The molecule has 0 spiro atoms. The lowest BCUT2D eigenvalue weighted by Gasteiger charge is -2.31. The van der Waals surface area contributed by atoms with Crippen LogP contribution in [0.2, 0.25) is 0 Å². The molecule has 1 aliphatic heterocycles. The summed E-state index contributed by atoms with van der Waals surface area (Å²) in [7, 11) is 2.98. The molecule has 1 saturated heterocycles. The van der Waals surface area contributed by atoms with Crippen LogP contribution in [0.4, 0.5) is 5.69 Å². The maximum atomic E-state index is 13.0. The van der Waals surface area contributed by atoms with E-state index in [9.17, 15) is 9.59 Å². The minimum absolute atomic E-state index is 0.00275. The molecule has 0 aliphatic carbocycles. The van der Waals surface area contributed by atoms with Crippen molar-refractivity contribution < 1.29 is 23.5 Å². The molecule has 150 valence electrons. The predicted octanol–water partition coefficient (Wildman–Crippen LogP) is 2.42. The van der Waals surface area contributed by atoms with E-state index in [-0.39, 0.29) is 29.3 Å². The Labute approximate surface area is 163 Å². The highest BCUT2D eigenvalue weighted by Crippen LogP contribution is 2.34. The van der Waals surface area contributed by atoms with Crippen molar-refractivity contribution in [2.45, 2.75) is 31.8 Å². The summed E-state index contributed by atoms with van der Waals surface area (Å²) in [5.41, 5.74) is 0.600. The fraction of sp³-hybridized carbons (Fsp3) is 0.400. The molecule has 0 radical (unpaired) electrons. The van der Waals surface area contributed by atoms with Gasteiger partial charge in [-0.2, -0.15) is 0 Å². The molecule has 28 heavy (non-hydrogen) atoms. The summed E-state index contributed by atoms with van der Waals surface area (Å²) in [6.45, 7) is 2.98. The lowest BCUT2D eigenvalue weighted by atomic mass is 9.99. The zero-order valence-electron chi connectivity index (χ0n) is 16.2. The Kier molecular flexibility index (Phi) is 6.20. The number of ether oxygens (including phenoxy) is 2. The van der Waals surface area contributed by atoms with Crippen molar-refractivity contribution in [1.29, 1.82) is 0 Å². The minimum Gasteiger partial charge on any atom is -0.493 e. The van der Waals surface area contributed by atoms with Gasteiger partial charge in [-0.25, -0.2) is 0 Å². The number of benzene rings is 1. The van der Waals surface area contributed by atoms with Gasteiger partial charge in [0.15, 0.2) is 17.3 Å². The number of piperidine rings is 1. The molecule has 2 atom stereocenters. The molecule has 2 unspecified atom stereocenters. The topological polar surface area (TPSA) is 102 Å². The van der Waals surface area contributed by atoms with E-state index in [1.165, 1.54) is 20.5 Å². The molecule has 3 rings (SSSR count). The van der Waals surface area contributed by atoms with Crippen molar-refractivity contribution >= 4 is 17.5 Å². The molecule has 1 aromatic heterocycles. The Morgan fingerprint density at radius 2 is 1.93 bits per heavy atom. The predicted molar refractivity (Wildman–Crippen MR) is 104 cm³/mol. The van der Waals surface area contributed by atoms with Crippen LogP contribution < -0.4 is 25.4 Å². The number of nitrogens with one attached hydrogen (secondary N) is 3. The molecular formula is C20H25N3O5. The Hall–Kier alpha value is -3.00. The van der Waals surface area contributed by atoms with Gasteiger partial charge in [-0.1, -0.05) is 0 Å². The number of carbonyl (C=O) groups is 2. The average molecular weight is 387 g/mol. The van der Waals surface area contributed by atoms with Crippen LogP contribution in [0.15, 0.2) is 34.9 Å². The largest absolute Gasteiger partial charge is 0.493 e.